The summed E-state index contributed by atoms with van der Waals surface area (Å²) in [6.07, 6.45) is 8.89. The van der Waals surface area contributed by atoms with Crippen LogP contribution >= 0.6 is 0 Å². The summed E-state index contributed by atoms with van der Waals surface area (Å²) in [5, 5.41) is 15.3. The van der Waals surface area contributed by atoms with Crippen LogP contribution in [0.4, 0.5) is 19.0 Å². The maximum absolute atomic E-state index is 17.0. The van der Waals surface area contributed by atoms with Gasteiger partial charge in [0.15, 0.2) is 5.82 Å². The van der Waals surface area contributed by atoms with Gasteiger partial charge in [-0.1, -0.05) is 12.0 Å². The predicted molar refractivity (Wildman–Crippen MR) is 165 cm³/mol. The van der Waals surface area contributed by atoms with E-state index in [2.05, 4.69) is 31.0 Å². The number of alkyl halides is 1. The molecule has 46 heavy (non-hydrogen) atoms. The Bertz CT molecular complexity index is 1990. The first-order chi connectivity index (χ1) is 22.3. The van der Waals surface area contributed by atoms with Crippen molar-refractivity contribution in [2.75, 3.05) is 37.7 Å². The zero-order valence-corrected chi connectivity index (χ0v) is 24.9. The molecule has 4 aromatic rings. The van der Waals surface area contributed by atoms with Crippen LogP contribution < -0.4 is 19.7 Å². The van der Waals surface area contributed by atoms with Crippen LogP contribution in [0.15, 0.2) is 24.3 Å². The van der Waals surface area contributed by atoms with Crippen LogP contribution in [0, 0.1) is 24.0 Å². The van der Waals surface area contributed by atoms with Crippen molar-refractivity contribution in [3.63, 3.8) is 0 Å². The van der Waals surface area contributed by atoms with Gasteiger partial charge in [-0.05, 0) is 55.8 Å². The van der Waals surface area contributed by atoms with Gasteiger partial charge in [0.1, 0.15) is 53.4 Å². The number of nitrogens with zero attached hydrogens (tertiary/aromatic N) is 5. The minimum Gasteiger partial charge on any atom is -0.508 e. The van der Waals surface area contributed by atoms with Crippen molar-refractivity contribution in [2.24, 2.45) is 0 Å². The number of ether oxygens (including phenoxy) is 2. The van der Waals surface area contributed by atoms with E-state index in [1.54, 1.807) is 0 Å². The molecular weight excluding hydrogens is 597 g/mol. The molecule has 0 radical (unpaired) electrons. The van der Waals surface area contributed by atoms with Crippen molar-refractivity contribution in [1.29, 1.82) is 0 Å². The molecule has 2 aromatic carbocycles. The maximum atomic E-state index is 17.0. The van der Waals surface area contributed by atoms with E-state index in [-0.39, 0.29) is 76.7 Å². The Hall–Kier alpha value is -4.34. The van der Waals surface area contributed by atoms with Crippen molar-refractivity contribution in [3.05, 3.63) is 41.5 Å². The number of aromatic hydroxyl groups is 1. The van der Waals surface area contributed by atoms with Gasteiger partial charge in [-0.15, -0.1) is 6.42 Å². The number of aromatic nitrogens is 3. The van der Waals surface area contributed by atoms with Gasteiger partial charge >= 0.3 is 6.01 Å². The normalized spacial score (nSPS) is 28.2. The van der Waals surface area contributed by atoms with E-state index >= 15 is 4.39 Å². The van der Waals surface area contributed by atoms with Crippen molar-refractivity contribution in [2.45, 2.75) is 61.9 Å². The average Bonchev–Trinajstić information content (AvgIpc) is 3.68. The summed E-state index contributed by atoms with van der Waals surface area (Å²) < 4.78 is 59.1. The van der Waals surface area contributed by atoms with Crippen molar-refractivity contribution in [3.8, 4) is 41.2 Å². The number of halogens is 3. The SMILES string of the molecule is C#Cc1c(F)ccc2cc(O)cc(-c3nc4c5c(nc(OCC67CCCN6CC(F)C7)nc5c3F)N3CC5CCC(N5)C3CO4)c12. The lowest BCUT2D eigenvalue weighted by Gasteiger charge is -2.40. The molecule has 236 valence electrons. The molecule has 9 nitrogen and oxygen atoms in total. The Labute approximate surface area is 262 Å². The Morgan fingerprint density at radius 1 is 1.15 bits per heavy atom. The molecule has 7 heterocycles. The summed E-state index contributed by atoms with van der Waals surface area (Å²) in [6.45, 7) is 2.27. The molecule has 5 unspecified atom stereocenters. The summed E-state index contributed by atoms with van der Waals surface area (Å²) in [6, 6.07) is 5.72. The number of pyridine rings is 1. The van der Waals surface area contributed by atoms with Crippen molar-refractivity contribution >= 4 is 27.5 Å². The first kappa shape index (κ1) is 27.9. The fourth-order valence-corrected chi connectivity index (χ4v) is 8.56. The number of hydrogen-bond acceptors (Lipinski definition) is 9. The van der Waals surface area contributed by atoms with E-state index < -0.39 is 23.3 Å². The predicted octanol–water partition coefficient (Wildman–Crippen LogP) is 4.47. The third-order valence-electron chi connectivity index (χ3n) is 10.6. The Morgan fingerprint density at radius 3 is 2.91 bits per heavy atom. The first-order valence-electron chi connectivity index (χ1n) is 15.8. The number of hydrogen-bond donors (Lipinski definition) is 2. The third-order valence-corrected chi connectivity index (χ3v) is 10.6. The molecule has 5 aliphatic rings. The molecule has 0 aliphatic carbocycles. The number of fused-ring (bicyclic) bond motifs is 7. The van der Waals surface area contributed by atoms with Crippen molar-refractivity contribution in [1.82, 2.24) is 25.2 Å². The quantitative estimate of drug-likeness (QED) is 0.318. The summed E-state index contributed by atoms with van der Waals surface area (Å²) in [7, 11) is 0. The van der Waals surface area contributed by atoms with E-state index in [1.165, 1.54) is 24.3 Å². The van der Waals surface area contributed by atoms with E-state index in [0.29, 0.717) is 36.1 Å². The number of anilines is 1. The number of phenolic OH excluding ortho intramolecular Hbond substituents is 1. The highest BCUT2D eigenvalue weighted by Crippen LogP contribution is 2.45. The molecular formula is C34H31F3N6O3. The third kappa shape index (κ3) is 4.07. The van der Waals surface area contributed by atoms with Gasteiger partial charge in [0.2, 0.25) is 5.88 Å². The number of piperazine rings is 1. The largest absolute Gasteiger partial charge is 0.508 e. The number of rotatable bonds is 4. The van der Waals surface area contributed by atoms with Gasteiger partial charge in [0.05, 0.1) is 17.1 Å². The van der Waals surface area contributed by atoms with Crippen LogP contribution in [-0.4, -0.2) is 87.6 Å². The minimum atomic E-state index is -0.927. The molecule has 0 spiro atoms. The van der Waals surface area contributed by atoms with E-state index in [1.807, 2.05) is 0 Å². The monoisotopic (exact) mass is 628 g/mol. The standard InChI is InChI=1S/C34H31F3N6O3/c1-2-21-23(36)6-4-17-10-20(44)11-22(26(17)21)29-28(37)30-27-31(43-14-19-5-7-24(38-19)25(43)15-45-32(27)39-29)41-33(40-30)46-16-34-8-3-9-42(34)13-18(35)12-34/h1,4,6,10-11,18-19,24-25,38,44H,3,5,7-9,12-16H2. The lowest BCUT2D eigenvalue weighted by Crippen LogP contribution is -2.60. The van der Waals surface area contributed by atoms with Gasteiger partial charge in [0.25, 0.3) is 0 Å². The van der Waals surface area contributed by atoms with Gasteiger partial charge in [-0.2, -0.15) is 9.97 Å². The molecule has 2 N–H and O–H groups in total. The lowest BCUT2D eigenvalue weighted by atomic mass is 9.95. The smallest absolute Gasteiger partial charge is 0.319 e. The highest BCUT2D eigenvalue weighted by molar-refractivity contribution is 6.04. The van der Waals surface area contributed by atoms with Crippen LogP contribution in [0.3, 0.4) is 0 Å². The van der Waals surface area contributed by atoms with E-state index in [4.69, 9.17) is 20.9 Å². The molecule has 2 bridgehead atoms. The second-order valence-electron chi connectivity index (χ2n) is 13.2. The maximum Gasteiger partial charge on any atom is 0.319 e. The first-order valence-corrected chi connectivity index (χ1v) is 15.8. The Balaban J connectivity index is 1.25. The van der Waals surface area contributed by atoms with Crippen LogP contribution in [0.1, 0.15) is 37.7 Å². The zero-order chi connectivity index (χ0) is 31.3. The number of nitrogens with one attached hydrogen (secondary N) is 1. The van der Waals surface area contributed by atoms with Crippen LogP contribution in [0.5, 0.6) is 17.6 Å². The summed E-state index contributed by atoms with van der Waals surface area (Å²) in [5.41, 5.74) is -0.688. The Kier molecular flexibility index (Phi) is 6.12. The summed E-state index contributed by atoms with van der Waals surface area (Å²) in [4.78, 5) is 18.4. The van der Waals surface area contributed by atoms with Gasteiger partial charge < -0.3 is 24.8 Å². The van der Waals surface area contributed by atoms with Crippen LogP contribution in [-0.2, 0) is 0 Å². The summed E-state index contributed by atoms with van der Waals surface area (Å²) >= 11 is 0. The molecule has 9 rings (SSSR count). The summed E-state index contributed by atoms with van der Waals surface area (Å²) in [5.74, 6) is 1.35. The molecule has 0 saturated carbocycles. The van der Waals surface area contributed by atoms with Gasteiger partial charge in [-0.3, -0.25) is 4.90 Å². The molecule has 2 aromatic heterocycles. The second kappa shape index (κ2) is 10.1. The van der Waals surface area contributed by atoms with Crippen molar-refractivity contribution < 1.29 is 27.8 Å². The molecule has 5 aliphatic heterocycles. The van der Waals surface area contributed by atoms with E-state index in [0.717, 1.165) is 32.2 Å². The fourth-order valence-electron chi connectivity index (χ4n) is 8.56. The molecule has 12 heteroatoms. The fraction of sp³-hybridized carbons (Fsp3) is 0.441. The number of phenols is 1. The zero-order valence-electron chi connectivity index (χ0n) is 24.9. The molecule has 4 fully saturated rings. The van der Waals surface area contributed by atoms with Gasteiger partial charge in [-0.25, -0.2) is 18.2 Å². The molecule has 4 saturated heterocycles. The highest BCUT2D eigenvalue weighted by Gasteiger charge is 2.50. The average molecular weight is 629 g/mol. The van der Waals surface area contributed by atoms with E-state index in [9.17, 15) is 13.9 Å². The van der Waals surface area contributed by atoms with Gasteiger partial charge in [0, 0.05) is 42.5 Å². The van der Waals surface area contributed by atoms with Crippen LogP contribution in [0.25, 0.3) is 32.9 Å². The number of terminal acetylenes is 1. The van der Waals surface area contributed by atoms with Crippen LogP contribution in [0.2, 0.25) is 0 Å². The lowest BCUT2D eigenvalue weighted by molar-refractivity contribution is 0.107. The molecule has 0 amide bonds. The Morgan fingerprint density at radius 2 is 2.04 bits per heavy atom. The second-order valence-corrected chi connectivity index (χ2v) is 13.2. The highest BCUT2D eigenvalue weighted by atomic mass is 19.1. The molecule has 5 atom stereocenters. The number of benzene rings is 2. The minimum absolute atomic E-state index is 0.0179. The topological polar surface area (TPSA) is 95.9 Å².